The number of ether oxygens (including phenoxy) is 2. The van der Waals surface area contributed by atoms with Crippen LogP contribution < -0.4 is 10.6 Å². The molecular weight excluding hydrogens is 324 g/mol. The van der Waals surface area contributed by atoms with E-state index in [1.54, 1.807) is 7.11 Å². The average molecular weight is 345 g/mol. The lowest BCUT2D eigenvalue weighted by molar-refractivity contribution is -0.115. The fourth-order valence-electron chi connectivity index (χ4n) is 1.50. The minimum Gasteiger partial charge on any atom is -0.382 e. The Morgan fingerprint density at radius 2 is 2.05 bits per heavy atom. The number of para-hydroxylation sites is 1. The third kappa shape index (κ3) is 7.59. The number of benzene rings is 1. The van der Waals surface area contributed by atoms with Gasteiger partial charge in [-0.25, -0.2) is 0 Å². The zero-order valence-corrected chi connectivity index (χ0v) is 13.2. The van der Waals surface area contributed by atoms with Gasteiger partial charge in [-0.05, 0) is 41.0 Å². The van der Waals surface area contributed by atoms with Crippen molar-refractivity contribution in [3.8, 4) is 0 Å². The lowest BCUT2D eigenvalue weighted by Crippen LogP contribution is -2.29. The molecule has 0 unspecified atom stereocenters. The first kappa shape index (κ1) is 17.1. The third-order valence-electron chi connectivity index (χ3n) is 2.51. The Kier molecular flexibility index (Phi) is 9.23. The van der Waals surface area contributed by atoms with Gasteiger partial charge in [0.05, 0.1) is 25.4 Å². The van der Waals surface area contributed by atoms with Crippen LogP contribution in [0.2, 0.25) is 0 Å². The van der Waals surface area contributed by atoms with Crippen molar-refractivity contribution < 1.29 is 14.3 Å². The number of halogens is 1. The van der Waals surface area contributed by atoms with Gasteiger partial charge in [0, 0.05) is 18.2 Å². The summed E-state index contributed by atoms with van der Waals surface area (Å²) in [4.78, 5) is 11.7. The second kappa shape index (κ2) is 10.8. The van der Waals surface area contributed by atoms with Gasteiger partial charge in [-0.2, -0.15) is 0 Å². The van der Waals surface area contributed by atoms with E-state index in [9.17, 15) is 4.79 Å². The lowest BCUT2D eigenvalue weighted by atomic mass is 10.3. The highest BCUT2D eigenvalue weighted by molar-refractivity contribution is 9.10. The summed E-state index contributed by atoms with van der Waals surface area (Å²) in [5, 5.41) is 5.91. The van der Waals surface area contributed by atoms with Crippen molar-refractivity contribution >= 4 is 27.5 Å². The molecule has 1 aromatic carbocycles. The number of amides is 1. The van der Waals surface area contributed by atoms with Gasteiger partial charge in [-0.15, -0.1) is 0 Å². The summed E-state index contributed by atoms with van der Waals surface area (Å²) in [6.45, 7) is 2.93. The van der Waals surface area contributed by atoms with E-state index in [2.05, 4.69) is 26.6 Å². The zero-order valence-electron chi connectivity index (χ0n) is 11.7. The molecule has 1 aromatic rings. The van der Waals surface area contributed by atoms with Gasteiger partial charge in [0.2, 0.25) is 5.91 Å². The number of methoxy groups -OCH3 is 1. The molecule has 0 fully saturated rings. The van der Waals surface area contributed by atoms with E-state index in [-0.39, 0.29) is 5.91 Å². The molecule has 6 heteroatoms. The van der Waals surface area contributed by atoms with Crippen LogP contribution in [-0.2, 0) is 14.3 Å². The van der Waals surface area contributed by atoms with Crippen LogP contribution in [0.25, 0.3) is 0 Å². The maximum Gasteiger partial charge on any atom is 0.238 e. The van der Waals surface area contributed by atoms with Crippen molar-refractivity contribution in [2.75, 3.05) is 45.3 Å². The third-order valence-corrected chi connectivity index (χ3v) is 3.20. The molecule has 0 spiro atoms. The van der Waals surface area contributed by atoms with E-state index in [0.717, 1.165) is 23.1 Å². The number of anilines is 1. The molecule has 0 bridgehead atoms. The lowest BCUT2D eigenvalue weighted by Gasteiger charge is -2.08. The largest absolute Gasteiger partial charge is 0.382 e. The summed E-state index contributed by atoms with van der Waals surface area (Å²) in [5.41, 5.74) is 0.780. The molecule has 0 atom stereocenters. The van der Waals surface area contributed by atoms with Gasteiger partial charge in [0.1, 0.15) is 0 Å². The standard InChI is InChI=1S/C14H21BrN2O3/c1-19-9-10-20-8-4-7-16-11-14(18)17-13-6-3-2-5-12(13)15/h2-3,5-6,16H,4,7-11H2,1H3,(H,17,18). The Balaban J connectivity index is 2.05. The Morgan fingerprint density at radius 1 is 1.25 bits per heavy atom. The second-order valence-electron chi connectivity index (χ2n) is 4.16. The summed E-state index contributed by atoms with van der Waals surface area (Å²) in [6, 6.07) is 7.53. The van der Waals surface area contributed by atoms with Crippen molar-refractivity contribution in [2.45, 2.75) is 6.42 Å². The molecule has 0 heterocycles. The maximum absolute atomic E-state index is 11.7. The van der Waals surface area contributed by atoms with Crippen LogP contribution in [-0.4, -0.2) is 45.9 Å². The van der Waals surface area contributed by atoms with Crippen LogP contribution in [0.3, 0.4) is 0 Å². The molecular formula is C14H21BrN2O3. The fourth-order valence-corrected chi connectivity index (χ4v) is 1.89. The predicted molar refractivity (Wildman–Crippen MR) is 83.0 cm³/mol. The molecule has 2 N–H and O–H groups in total. The van der Waals surface area contributed by atoms with Gasteiger partial charge in [-0.3, -0.25) is 4.79 Å². The molecule has 1 amide bonds. The van der Waals surface area contributed by atoms with Gasteiger partial charge >= 0.3 is 0 Å². The Hall–Kier alpha value is -0.950. The smallest absolute Gasteiger partial charge is 0.238 e. The zero-order chi connectivity index (χ0) is 14.6. The topological polar surface area (TPSA) is 59.6 Å². The summed E-state index contributed by atoms with van der Waals surface area (Å²) >= 11 is 3.39. The van der Waals surface area contributed by atoms with Gasteiger partial charge in [0.25, 0.3) is 0 Å². The molecule has 112 valence electrons. The quantitative estimate of drug-likeness (QED) is 0.637. The maximum atomic E-state index is 11.7. The van der Waals surface area contributed by atoms with Gasteiger partial charge < -0.3 is 20.1 Å². The number of hydrogen-bond acceptors (Lipinski definition) is 4. The Morgan fingerprint density at radius 3 is 2.80 bits per heavy atom. The minimum absolute atomic E-state index is 0.0581. The number of carbonyl (C=O) groups is 1. The minimum atomic E-state index is -0.0581. The van der Waals surface area contributed by atoms with E-state index in [4.69, 9.17) is 9.47 Å². The molecule has 20 heavy (non-hydrogen) atoms. The van der Waals surface area contributed by atoms with E-state index in [0.29, 0.717) is 26.4 Å². The molecule has 0 aromatic heterocycles. The van der Waals surface area contributed by atoms with E-state index < -0.39 is 0 Å². The van der Waals surface area contributed by atoms with Crippen LogP contribution in [0.5, 0.6) is 0 Å². The van der Waals surface area contributed by atoms with Crippen molar-refractivity contribution in [1.29, 1.82) is 0 Å². The first-order valence-electron chi connectivity index (χ1n) is 6.56. The highest BCUT2D eigenvalue weighted by atomic mass is 79.9. The highest BCUT2D eigenvalue weighted by Crippen LogP contribution is 2.20. The second-order valence-corrected chi connectivity index (χ2v) is 5.02. The van der Waals surface area contributed by atoms with E-state index in [1.807, 2.05) is 24.3 Å². The molecule has 0 aliphatic carbocycles. The summed E-state index contributed by atoms with van der Waals surface area (Å²) in [5.74, 6) is -0.0581. The monoisotopic (exact) mass is 344 g/mol. The molecule has 5 nitrogen and oxygen atoms in total. The SMILES string of the molecule is COCCOCCCNCC(=O)Nc1ccccc1Br. The molecule has 0 saturated heterocycles. The highest BCUT2D eigenvalue weighted by Gasteiger charge is 2.03. The molecule has 0 saturated carbocycles. The van der Waals surface area contributed by atoms with Crippen molar-refractivity contribution in [3.05, 3.63) is 28.7 Å². The molecule has 0 aliphatic heterocycles. The number of carbonyl (C=O) groups excluding carboxylic acids is 1. The molecule has 1 rings (SSSR count). The van der Waals surface area contributed by atoms with Crippen LogP contribution in [0.15, 0.2) is 28.7 Å². The van der Waals surface area contributed by atoms with Crippen molar-refractivity contribution in [2.24, 2.45) is 0 Å². The van der Waals surface area contributed by atoms with Crippen LogP contribution in [0.1, 0.15) is 6.42 Å². The van der Waals surface area contributed by atoms with Crippen LogP contribution >= 0.6 is 15.9 Å². The van der Waals surface area contributed by atoms with E-state index in [1.165, 1.54) is 0 Å². The Labute approximate surface area is 128 Å². The van der Waals surface area contributed by atoms with Crippen LogP contribution in [0.4, 0.5) is 5.69 Å². The van der Waals surface area contributed by atoms with Crippen molar-refractivity contribution in [3.63, 3.8) is 0 Å². The van der Waals surface area contributed by atoms with Gasteiger partial charge in [0.15, 0.2) is 0 Å². The predicted octanol–water partition coefficient (Wildman–Crippen LogP) is 2.03. The molecule has 0 radical (unpaired) electrons. The number of hydrogen-bond donors (Lipinski definition) is 2. The van der Waals surface area contributed by atoms with E-state index >= 15 is 0 Å². The normalized spacial score (nSPS) is 10.5. The summed E-state index contributed by atoms with van der Waals surface area (Å²) in [7, 11) is 1.65. The summed E-state index contributed by atoms with van der Waals surface area (Å²) in [6.07, 6.45) is 0.867. The number of rotatable bonds is 10. The first-order chi connectivity index (χ1) is 9.74. The Bertz CT molecular complexity index is 402. The fraction of sp³-hybridized carbons (Fsp3) is 0.500. The first-order valence-corrected chi connectivity index (χ1v) is 7.35. The summed E-state index contributed by atoms with van der Waals surface area (Å²) < 4.78 is 11.1. The molecule has 0 aliphatic rings. The van der Waals surface area contributed by atoms with Crippen molar-refractivity contribution in [1.82, 2.24) is 5.32 Å². The van der Waals surface area contributed by atoms with Gasteiger partial charge in [-0.1, -0.05) is 12.1 Å². The van der Waals surface area contributed by atoms with Crippen LogP contribution in [0, 0.1) is 0 Å². The average Bonchev–Trinajstić information content (AvgIpc) is 2.44. The number of nitrogens with one attached hydrogen (secondary N) is 2.